The van der Waals surface area contributed by atoms with Gasteiger partial charge in [0.15, 0.2) is 0 Å². The Morgan fingerprint density at radius 3 is 1.27 bits per heavy atom. The van der Waals surface area contributed by atoms with Gasteiger partial charge in [-0.3, -0.25) is 0 Å². The van der Waals surface area contributed by atoms with Crippen LogP contribution in [-0.4, -0.2) is 5.25 Å². The maximum absolute atomic E-state index is 5.29. The van der Waals surface area contributed by atoms with Crippen molar-refractivity contribution in [2.75, 3.05) is 0 Å². The standard InChI is InChI=1S/C9H14S.Ir/c1-5-6(2)8(4)9(10)7(5)3;/h9-10H,1-4H3;/p-1. The van der Waals surface area contributed by atoms with Gasteiger partial charge in [-0.25, -0.2) is 0 Å². The van der Waals surface area contributed by atoms with Gasteiger partial charge in [-0.1, -0.05) is 22.3 Å². The third kappa shape index (κ3) is 1.80. The molecule has 0 saturated heterocycles. The molecule has 2 heteroatoms. The van der Waals surface area contributed by atoms with Gasteiger partial charge < -0.3 is 12.6 Å². The van der Waals surface area contributed by atoms with Crippen molar-refractivity contribution < 1.29 is 20.1 Å². The predicted molar refractivity (Wildman–Crippen MR) is 47.9 cm³/mol. The summed E-state index contributed by atoms with van der Waals surface area (Å²) in [5, 5.41) is 0.278. The topological polar surface area (TPSA) is 0 Å². The maximum Gasteiger partial charge on any atom is 0 e. The zero-order chi connectivity index (χ0) is 7.89. The normalized spacial score (nSPS) is 19.4. The second kappa shape index (κ2) is 3.93. The van der Waals surface area contributed by atoms with Crippen molar-refractivity contribution in [3.63, 3.8) is 0 Å². The summed E-state index contributed by atoms with van der Waals surface area (Å²) in [7, 11) is 0. The fraction of sp³-hybridized carbons (Fsp3) is 0.556. The number of hydrogen-bond acceptors (Lipinski definition) is 1. The van der Waals surface area contributed by atoms with E-state index in [2.05, 4.69) is 27.7 Å². The number of hydrogen-bond donors (Lipinski definition) is 0. The Balaban J connectivity index is 0.000001000. The van der Waals surface area contributed by atoms with E-state index < -0.39 is 0 Å². The predicted octanol–water partition coefficient (Wildman–Crippen LogP) is 2.59. The van der Waals surface area contributed by atoms with Gasteiger partial charge in [0.05, 0.1) is 0 Å². The smallest absolute Gasteiger partial charge is 0 e. The molecule has 0 nitrogen and oxygen atoms in total. The molecule has 11 heavy (non-hydrogen) atoms. The molecule has 0 amide bonds. The van der Waals surface area contributed by atoms with Crippen LogP contribution in [0, 0.1) is 0 Å². The van der Waals surface area contributed by atoms with E-state index >= 15 is 0 Å². The Morgan fingerprint density at radius 2 is 1.18 bits per heavy atom. The Bertz CT molecular complexity index is 202. The van der Waals surface area contributed by atoms with Crippen molar-refractivity contribution in [3.8, 4) is 0 Å². The van der Waals surface area contributed by atoms with Crippen LogP contribution in [0.1, 0.15) is 27.7 Å². The van der Waals surface area contributed by atoms with Crippen LogP contribution in [0.15, 0.2) is 22.3 Å². The molecule has 0 spiro atoms. The van der Waals surface area contributed by atoms with Gasteiger partial charge in [0, 0.05) is 20.1 Å². The first-order valence-corrected chi connectivity index (χ1v) is 4.03. The molecule has 0 aromatic heterocycles. The van der Waals surface area contributed by atoms with Crippen LogP contribution >= 0.6 is 0 Å². The molecule has 1 aliphatic carbocycles. The van der Waals surface area contributed by atoms with E-state index in [9.17, 15) is 0 Å². The van der Waals surface area contributed by atoms with E-state index in [1.807, 2.05) is 0 Å². The number of allylic oxidation sites excluding steroid dienone is 2. The first-order chi connectivity index (χ1) is 4.55. The van der Waals surface area contributed by atoms with Crippen molar-refractivity contribution in [1.82, 2.24) is 0 Å². The van der Waals surface area contributed by atoms with E-state index in [4.69, 9.17) is 12.6 Å². The third-order valence-corrected chi connectivity index (χ3v) is 3.24. The summed E-state index contributed by atoms with van der Waals surface area (Å²) in [4.78, 5) is 0. The minimum atomic E-state index is 0. The van der Waals surface area contributed by atoms with Crippen LogP contribution in [0.4, 0.5) is 0 Å². The fourth-order valence-corrected chi connectivity index (χ4v) is 1.66. The van der Waals surface area contributed by atoms with Gasteiger partial charge in [0.2, 0.25) is 0 Å². The van der Waals surface area contributed by atoms with Gasteiger partial charge >= 0.3 is 0 Å². The van der Waals surface area contributed by atoms with Gasteiger partial charge in [-0.15, -0.1) is 5.25 Å². The van der Waals surface area contributed by atoms with E-state index in [-0.39, 0.29) is 25.4 Å². The van der Waals surface area contributed by atoms with Crippen molar-refractivity contribution in [1.29, 1.82) is 0 Å². The Kier molecular flexibility index (Phi) is 4.10. The summed E-state index contributed by atoms with van der Waals surface area (Å²) >= 11 is 5.29. The van der Waals surface area contributed by atoms with Crippen LogP contribution in [0.25, 0.3) is 0 Å². The monoisotopic (exact) mass is 346 g/mol. The summed E-state index contributed by atoms with van der Waals surface area (Å²) in [6, 6.07) is 0. The summed E-state index contributed by atoms with van der Waals surface area (Å²) in [5.74, 6) is 0. The second-order valence-electron chi connectivity index (χ2n) is 3.00. The average Bonchev–Trinajstić information content (AvgIpc) is 2.07. The zero-order valence-electron chi connectivity index (χ0n) is 7.32. The quantitative estimate of drug-likeness (QED) is 0.608. The molecule has 0 aliphatic heterocycles. The van der Waals surface area contributed by atoms with E-state index in [1.54, 1.807) is 0 Å². The minimum Gasteiger partial charge on any atom is -0.781 e. The Hall–Kier alpha value is 0.479. The maximum atomic E-state index is 5.29. The molecular weight excluding hydrogens is 332 g/mol. The molecule has 0 atom stereocenters. The molecule has 0 saturated carbocycles. The number of rotatable bonds is 0. The minimum absolute atomic E-state index is 0. The Labute approximate surface area is 87.9 Å². The molecular formula is C9H13IrS-. The zero-order valence-corrected chi connectivity index (χ0v) is 10.5. The largest absolute Gasteiger partial charge is 0.781 e. The van der Waals surface area contributed by atoms with Crippen molar-refractivity contribution >= 4 is 12.6 Å². The first kappa shape index (κ1) is 11.5. The summed E-state index contributed by atoms with van der Waals surface area (Å²) in [6.07, 6.45) is 0. The van der Waals surface area contributed by atoms with Crippen LogP contribution < -0.4 is 0 Å². The molecule has 65 valence electrons. The molecule has 0 aromatic carbocycles. The van der Waals surface area contributed by atoms with Crippen molar-refractivity contribution in [2.24, 2.45) is 0 Å². The molecule has 1 aliphatic rings. The third-order valence-electron chi connectivity index (χ3n) is 2.53. The van der Waals surface area contributed by atoms with Gasteiger partial charge in [-0.05, 0) is 27.7 Å². The van der Waals surface area contributed by atoms with Gasteiger partial charge in [0.1, 0.15) is 0 Å². The molecule has 0 aromatic rings. The fourth-order valence-electron chi connectivity index (χ4n) is 1.31. The van der Waals surface area contributed by atoms with E-state index in [1.165, 1.54) is 22.3 Å². The summed E-state index contributed by atoms with van der Waals surface area (Å²) < 4.78 is 0. The van der Waals surface area contributed by atoms with E-state index in [0.29, 0.717) is 0 Å². The summed E-state index contributed by atoms with van der Waals surface area (Å²) in [5.41, 5.74) is 5.53. The molecule has 0 N–H and O–H groups in total. The summed E-state index contributed by atoms with van der Waals surface area (Å²) in [6.45, 7) is 8.57. The van der Waals surface area contributed by atoms with Gasteiger partial charge in [-0.2, -0.15) is 0 Å². The first-order valence-electron chi connectivity index (χ1n) is 3.56. The molecule has 0 fully saturated rings. The van der Waals surface area contributed by atoms with Crippen LogP contribution in [-0.2, 0) is 32.7 Å². The van der Waals surface area contributed by atoms with Crippen LogP contribution in [0.2, 0.25) is 0 Å². The second-order valence-corrected chi connectivity index (χ2v) is 3.47. The molecule has 1 radical (unpaired) electrons. The Morgan fingerprint density at radius 1 is 0.909 bits per heavy atom. The molecule has 0 bridgehead atoms. The van der Waals surface area contributed by atoms with Crippen LogP contribution in [0.5, 0.6) is 0 Å². The van der Waals surface area contributed by atoms with Crippen molar-refractivity contribution in [3.05, 3.63) is 22.3 Å². The van der Waals surface area contributed by atoms with E-state index in [0.717, 1.165) is 0 Å². The molecule has 1 rings (SSSR count). The van der Waals surface area contributed by atoms with Crippen LogP contribution in [0.3, 0.4) is 0 Å². The molecule has 0 heterocycles. The molecule has 0 unspecified atom stereocenters. The van der Waals surface area contributed by atoms with Gasteiger partial charge in [0.25, 0.3) is 0 Å². The average molecular weight is 345 g/mol. The van der Waals surface area contributed by atoms with Crippen molar-refractivity contribution in [2.45, 2.75) is 32.9 Å². The SMILES string of the molecule is CC1=C(C)C([S-])C(C)=C1C.[Ir].